The van der Waals surface area contributed by atoms with E-state index in [-0.39, 0.29) is 30.6 Å². The first-order chi connectivity index (χ1) is 9.99. The number of halogens is 5. The summed E-state index contributed by atoms with van der Waals surface area (Å²) in [6, 6.07) is 0. The van der Waals surface area contributed by atoms with Gasteiger partial charge in [-0.25, -0.2) is 8.78 Å². The highest BCUT2D eigenvalue weighted by atomic mass is 19.4. The Morgan fingerprint density at radius 2 is 1.50 bits per heavy atom. The average molecular weight is 324 g/mol. The maximum absolute atomic E-state index is 13.3. The largest absolute Gasteiger partial charge is 0.394 e. The van der Waals surface area contributed by atoms with Crippen LogP contribution in [0.1, 0.15) is 52.9 Å². The Morgan fingerprint density at radius 1 is 1.00 bits per heavy atom. The summed E-state index contributed by atoms with van der Waals surface area (Å²) < 4.78 is 66.3. The van der Waals surface area contributed by atoms with Crippen LogP contribution in [0.4, 0.5) is 22.0 Å². The smallest absolute Gasteiger partial charge is 0.206 e. The maximum Gasteiger partial charge on any atom is 0.394 e. The van der Waals surface area contributed by atoms with Gasteiger partial charge in [0, 0.05) is 11.8 Å². The van der Waals surface area contributed by atoms with E-state index >= 15 is 0 Å². The number of rotatable bonds is 4. The molecule has 3 aliphatic rings. The average Bonchev–Trinajstić information content (AvgIpc) is 2.74. The zero-order valence-electron chi connectivity index (χ0n) is 13.4. The molecule has 0 aromatic heterocycles. The first-order valence-electron chi connectivity index (χ1n) is 8.43. The van der Waals surface area contributed by atoms with Crippen molar-refractivity contribution in [1.29, 1.82) is 0 Å². The molecule has 3 atom stereocenters. The van der Waals surface area contributed by atoms with Gasteiger partial charge < -0.3 is 0 Å². The van der Waals surface area contributed by atoms with Gasteiger partial charge in [0.25, 0.3) is 5.92 Å². The molecule has 0 aromatic carbocycles. The molecule has 0 saturated heterocycles. The summed E-state index contributed by atoms with van der Waals surface area (Å²) in [6.07, 6.45) is -1.79. The molecule has 0 heterocycles. The Labute approximate surface area is 128 Å². The molecule has 3 unspecified atom stereocenters. The lowest BCUT2D eigenvalue weighted by Gasteiger charge is -2.52. The fourth-order valence-corrected chi connectivity index (χ4v) is 5.20. The normalized spacial score (nSPS) is 44.6. The molecule has 3 rings (SSSR count). The van der Waals surface area contributed by atoms with Crippen molar-refractivity contribution in [2.75, 3.05) is 0 Å². The second-order valence-corrected chi connectivity index (χ2v) is 8.41. The fourth-order valence-electron chi connectivity index (χ4n) is 5.20. The van der Waals surface area contributed by atoms with E-state index < -0.39 is 35.3 Å². The van der Waals surface area contributed by atoms with Crippen molar-refractivity contribution in [2.24, 2.45) is 40.9 Å². The highest BCUT2D eigenvalue weighted by Gasteiger charge is 2.71. The van der Waals surface area contributed by atoms with E-state index in [0.29, 0.717) is 12.8 Å². The zero-order valence-corrected chi connectivity index (χ0v) is 13.4. The van der Waals surface area contributed by atoms with Crippen molar-refractivity contribution in [3.05, 3.63) is 0 Å². The quantitative estimate of drug-likeness (QED) is 0.563. The summed E-state index contributed by atoms with van der Waals surface area (Å²) in [5.74, 6) is -3.05. The molecule has 3 aliphatic carbocycles. The molecule has 128 valence electrons. The fraction of sp³-hybridized carbons (Fsp3) is 1.00. The predicted octanol–water partition coefficient (Wildman–Crippen LogP) is 5.92. The topological polar surface area (TPSA) is 0 Å². The maximum atomic E-state index is 13.3. The summed E-state index contributed by atoms with van der Waals surface area (Å²) in [4.78, 5) is 0. The molecule has 0 aromatic rings. The monoisotopic (exact) mass is 324 g/mol. The number of fused-ring (bicyclic) bond motifs is 1. The van der Waals surface area contributed by atoms with Crippen molar-refractivity contribution in [3.63, 3.8) is 0 Å². The number of hydrogen-bond donors (Lipinski definition) is 0. The minimum absolute atomic E-state index is 0.108. The summed E-state index contributed by atoms with van der Waals surface area (Å²) in [5, 5.41) is 0. The standard InChI is InChI=1S/C17H25F5/c1-9(2)15(17(20,21)22)7-11(8-15)4-10(3)12-5-13-14(6-12)16(13,18)19/h9-14H,4-8H2,1-3H3. The van der Waals surface area contributed by atoms with Crippen LogP contribution in [0.5, 0.6) is 0 Å². The minimum Gasteiger partial charge on any atom is -0.206 e. The Balaban J connectivity index is 1.50. The van der Waals surface area contributed by atoms with Crippen LogP contribution in [-0.2, 0) is 0 Å². The van der Waals surface area contributed by atoms with E-state index in [0.717, 1.165) is 6.42 Å². The van der Waals surface area contributed by atoms with Crippen LogP contribution in [0.25, 0.3) is 0 Å². The van der Waals surface area contributed by atoms with E-state index in [4.69, 9.17) is 0 Å². The lowest BCUT2D eigenvalue weighted by molar-refractivity contribution is -0.282. The summed E-state index contributed by atoms with van der Waals surface area (Å²) >= 11 is 0. The lowest BCUT2D eigenvalue weighted by atomic mass is 9.54. The van der Waals surface area contributed by atoms with E-state index in [1.807, 2.05) is 6.92 Å². The van der Waals surface area contributed by atoms with E-state index in [9.17, 15) is 22.0 Å². The molecule has 0 bridgehead atoms. The van der Waals surface area contributed by atoms with Crippen molar-refractivity contribution >= 4 is 0 Å². The molecular weight excluding hydrogens is 299 g/mol. The van der Waals surface area contributed by atoms with Gasteiger partial charge in [-0.05, 0) is 55.8 Å². The molecule has 5 heteroatoms. The zero-order chi connectivity index (χ0) is 16.5. The lowest BCUT2D eigenvalue weighted by Crippen LogP contribution is -2.52. The third-order valence-corrected chi connectivity index (χ3v) is 6.96. The molecule has 0 nitrogen and oxygen atoms in total. The third kappa shape index (κ3) is 2.29. The summed E-state index contributed by atoms with van der Waals surface area (Å²) in [5.41, 5.74) is -1.51. The van der Waals surface area contributed by atoms with Crippen LogP contribution in [0, 0.1) is 40.9 Å². The van der Waals surface area contributed by atoms with Gasteiger partial charge in [-0.2, -0.15) is 13.2 Å². The van der Waals surface area contributed by atoms with Crippen LogP contribution in [0.15, 0.2) is 0 Å². The van der Waals surface area contributed by atoms with Gasteiger partial charge in [0.05, 0.1) is 5.41 Å². The molecule has 0 amide bonds. The van der Waals surface area contributed by atoms with Gasteiger partial charge in [-0.1, -0.05) is 20.8 Å². The third-order valence-electron chi connectivity index (χ3n) is 6.96. The van der Waals surface area contributed by atoms with E-state index in [1.165, 1.54) is 0 Å². The van der Waals surface area contributed by atoms with Crippen molar-refractivity contribution < 1.29 is 22.0 Å². The number of hydrogen-bond acceptors (Lipinski definition) is 0. The molecule has 0 radical (unpaired) electrons. The summed E-state index contributed by atoms with van der Waals surface area (Å²) in [6.45, 7) is 5.34. The van der Waals surface area contributed by atoms with Crippen LogP contribution >= 0.6 is 0 Å². The Morgan fingerprint density at radius 3 is 1.91 bits per heavy atom. The van der Waals surface area contributed by atoms with E-state index in [2.05, 4.69) is 0 Å². The molecule has 3 saturated carbocycles. The van der Waals surface area contributed by atoms with Gasteiger partial charge in [0.1, 0.15) is 0 Å². The Hall–Kier alpha value is -0.350. The highest BCUT2D eigenvalue weighted by molar-refractivity contribution is 5.11. The molecule has 3 fully saturated rings. The van der Waals surface area contributed by atoms with Crippen LogP contribution in [-0.4, -0.2) is 12.1 Å². The first-order valence-corrected chi connectivity index (χ1v) is 8.43. The SMILES string of the molecule is CC(CC1CC(C(C)C)(C(F)(F)F)C1)C1CC2C(C1)C2(F)F. The van der Waals surface area contributed by atoms with Crippen LogP contribution in [0.2, 0.25) is 0 Å². The highest BCUT2D eigenvalue weighted by Crippen LogP contribution is 2.67. The molecule has 0 spiro atoms. The second kappa shape index (κ2) is 4.83. The number of alkyl halides is 5. The van der Waals surface area contributed by atoms with Crippen molar-refractivity contribution in [1.82, 2.24) is 0 Å². The van der Waals surface area contributed by atoms with Crippen LogP contribution in [0.3, 0.4) is 0 Å². The Kier molecular flexibility index (Phi) is 3.62. The van der Waals surface area contributed by atoms with Gasteiger partial charge in [0.2, 0.25) is 0 Å². The molecule has 22 heavy (non-hydrogen) atoms. The van der Waals surface area contributed by atoms with Gasteiger partial charge in [-0.3, -0.25) is 0 Å². The van der Waals surface area contributed by atoms with Gasteiger partial charge in [0.15, 0.2) is 0 Å². The molecular formula is C17H25F5. The van der Waals surface area contributed by atoms with Crippen molar-refractivity contribution in [2.45, 2.75) is 65.0 Å². The van der Waals surface area contributed by atoms with Crippen molar-refractivity contribution in [3.8, 4) is 0 Å². The molecule has 0 N–H and O–H groups in total. The summed E-state index contributed by atoms with van der Waals surface area (Å²) in [7, 11) is 0. The first kappa shape index (κ1) is 16.5. The predicted molar refractivity (Wildman–Crippen MR) is 74.5 cm³/mol. The second-order valence-electron chi connectivity index (χ2n) is 8.41. The van der Waals surface area contributed by atoms with Gasteiger partial charge in [-0.15, -0.1) is 0 Å². The van der Waals surface area contributed by atoms with E-state index in [1.54, 1.807) is 13.8 Å². The van der Waals surface area contributed by atoms with Crippen LogP contribution < -0.4 is 0 Å². The van der Waals surface area contributed by atoms with Gasteiger partial charge >= 0.3 is 6.18 Å². The molecule has 0 aliphatic heterocycles. The Bertz CT molecular complexity index is 419. The minimum atomic E-state index is -4.13.